The minimum absolute atomic E-state index is 0. The molecule has 0 aromatic heterocycles. The predicted octanol–water partition coefficient (Wildman–Crippen LogP) is 3.37. The smallest absolute Gasteiger partial charge is 0.190 e. The fourth-order valence-electron chi connectivity index (χ4n) is 2.14. The molecule has 0 spiro atoms. The zero-order chi connectivity index (χ0) is 13.5. The van der Waals surface area contributed by atoms with Gasteiger partial charge < -0.3 is 10.6 Å². The highest BCUT2D eigenvalue weighted by molar-refractivity contribution is 14.0. The second-order valence-electron chi connectivity index (χ2n) is 5.42. The Bertz CT molecular complexity index is 401. The Morgan fingerprint density at radius 2 is 1.95 bits per heavy atom. The van der Waals surface area contributed by atoms with Crippen LogP contribution >= 0.6 is 24.0 Å². The SMILES string of the molecule is CN=C(NCCC(C)c1ccccc1)NCC1CC1.I. The second kappa shape index (κ2) is 9.21. The average Bonchev–Trinajstić information content (AvgIpc) is 3.27. The maximum Gasteiger partial charge on any atom is 0.190 e. The number of rotatable bonds is 6. The van der Waals surface area contributed by atoms with Crippen LogP contribution in [0.4, 0.5) is 0 Å². The third kappa shape index (κ3) is 6.11. The molecule has 3 nitrogen and oxygen atoms in total. The number of nitrogens with one attached hydrogen (secondary N) is 2. The van der Waals surface area contributed by atoms with Crippen LogP contribution in [0.25, 0.3) is 0 Å². The molecule has 1 atom stereocenters. The number of guanidine groups is 1. The molecule has 0 bridgehead atoms. The van der Waals surface area contributed by atoms with Crippen molar-refractivity contribution < 1.29 is 0 Å². The van der Waals surface area contributed by atoms with Crippen LogP contribution in [0.2, 0.25) is 0 Å². The van der Waals surface area contributed by atoms with Gasteiger partial charge in [-0.25, -0.2) is 0 Å². The molecule has 4 heteroatoms. The number of halogens is 1. The summed E-state index contributed by atoms with van der Waals surface area (Å²) in [5, 5.41) is 6.78. The fourth-order valence-corrected chi connectivity index (χ4v) is 2.14. The van der Waals surface area contributed by atoms with Crippen LogP contribution in [-0.2, 0) is 0 Å². The molecule has 1 unspecified atom stereocenters. The van der Waals surface area contributed by atoms with Gasteiger partial charge in [-0.3, -0.25) is 4.99 Å². The lowest BCUT2D eigenvalue weighted by Gasteiger charge is -2.15. The van der Waals surface area contributed by atoms with Crippen LogP contribution in [0.1, 0.15) is 37.7 Å². The van der Waals surface area contributed by atoms with Gasteiger partial charge in [-0.15, -0.1) is 24.0 Å². The molecule has 0 heterocycles. The Balaban J connectivity index is 0.00000200. The van der Waals surface area contributed by atoms with Gasteiger partial charge in [0.15, 0.2) is 5.96 Å². The maximum atomic E-state index is 4.25. The lowest BCUT2D eigenvalue weighted by atomic mass is 9.98. The molecule has 1 aromatic rings. The molecule has 2 N–H and O–H groups in total. The van der Waals surface area contributed by atoms with E-state index in [-0.39, 0.29) is 24.0 Å². The minimum Gasteiger partial charge on any atom is -0.356 e. The van der Waals surface area contributed by atoms with E-state index in [1.54, 1.807) is 0 Å². The molecular formula is C16H26IN3. The van der Waals surface area contributed by atoms with Gasteiger partial charge in [0.05, 0.1) is 0 Å². The molecule has 1 fully saturated rings. The van der Waals surface area contributed by atoms with Gasteiger partial charge >= 0.3 is 0 Å². The van der Waals surface area contributed by atoms with Crippen LogP contribution in [0.5, 0.6) is 0 Å². The normalized spacial score (nSPS) is 16.2. The molecule has 1 aliphatic rings. The Morgan fingerprint density at radius 1 is 1.25 bits per heavy atom. The van der Waals surface area contributed by atoms with E-state index in [1.807, 2.05) is 7.05 Å². The first-order valence-corrected chi connectivity index (χ1v) is 7.29. The summed E-state index contributed by atoms with van der Waals surface area (Å²) in [5.74, 6) is 2.39. The predicted molar refractivity (Wildman–Crippen MR) is 97.0 cm³/mol. The molecular weight excluding hydrogens is 361 g/mol. The van der Waals surface area contributed by atoms with Crippen molar-refractivity contribution in [2.75, 3.05) is 20.1 Å². The van der Waals surface area contributed by atoms with Crippen LogP contribution in [0.15, 0.2) is 35.3 Å². The van der Waals surface area contributed by atoms with Crippen LogP contribution in [0, 0.1) is 5.92 Å². The van der Waals surface area contributed by atoms with Crippen LogP contribution in [0.3, 0.4) is 0 Å². The van der Waals surface area contributed by atoms with Crippen molar-refractivity contribution in [2.24, 2.45) is 10.9 Å². The van der Waals surface area contributed by atoms with Crippen LogP contribution in [-0.4, -0.2) is 26.1 Å². The van der Waals surface area contributed by atoms with Gasteiger partial charge in [0, 0.05) is 20.1 Å². The van der Waals surface area contributed by atoms with Crippen molar-refractivity contribution in [1.29, 1.82) is 0 Å². The van der Waals surface area contributed by atoms with Gasteiger partial charge in [0.1, 0.15) is 0 Å². The van der Waals surface area contributed by atoms with E-state index in [9.17, 15) is 0 Å². The Hall–Kier alpha value is -0.780. The fraction of sp³-hybridized carbons (Fsp3) is 0.562. The Kier molecular flexibility index (Phi) is 7.95. The number of hydrogen-bond acceptors (Lipinski definition) is 1. The molecule has 20 heavy (non-hydrogen) atoms. The van der Waals surface area contributed by atoms with Crippen molar-refractivity contribution in [3.63, 3.8) is 0 Å². The molecule has 112 valence electrons. The van der Waals surface area contributed by atoms with Crippen molar-refractivity contribution in [2.45, 2.75) is 32.1 Å². The standard InChI is InChI=1S/C16H25N3.HI/c1-13(15-6-4-3-5-7-15)10-11-18-16(17-2)19-12-14-8-9-14;/h3-7,13-14H,8-12H2,1-2H3,(H2,17,18,19);1H. The van der Waals surface area contributed by atoms with Gasteiger partial charge in [-0.1, -0.05) is 37.3 Å². The third-order valence-electron chi connectivity index (χ3n) is 3.72. The average molecular weight is 387 g/mol. The molecule has 1 aliphatic carbocycles. The van der Waals surface area contributed by atoms with E-state index in [2.05, 4.69) is 52.9 Å². The number of nitrogens with zero attached hydrogens (tertiary/aromatic N) is 1. The molecule has 0 radical (unpaired) electrons. The van der Waals surface area contributed by atoms with E-state index in [0.29, 0.717) is 5.92 Å². The Labute approximate surface area is 139 Å². The van der Waals surface area contributed by atoms with Gasteiger partial charge in [0.25, 0.3) is 0 Å². The van der Waals surface area contributed by atoms with E-state index in [0.717, 1.165) is 31.4 Å². The minimum atomic E-state index is 0. The summed E-state index contributed by atoms with van der Waals surface area (Å²) in [5.41, 5.74) is 1.41. The summed E-state index contributed by atoms with van der Waals surface area (Å²) >= 11 is 0. The highest BCUT2D eigenvalue weighted by atomic mass is 127. The number of hydrogen-bond donors (Lipinski definition) is 2. The van der Waals surface area contributed by atoms with Crippen molar-refractivity contribution in [1.82, 2.24) is 10.6 Å². The zero-order valence-corrected chi connectivity index (χ0v) is 14.8. The first kappa shape index (κ1) is 17.3. The number of benzene rings is 1. The van der Waals surface area contributed by atoms with Crippen LogP contribution < -0.4 is 10.6 Å². The monoisotopic (exact) mass is 387 g/mol. The van der Waals surface area contributed by atoms with Gasteiger partial charge in [0.2, 0.25) is 0 Å². The summed E-state index contributed by atoms with van der Waals surface area (Å²) in [6, 6.07) is 10.7. The molecule has 0 aliphatic heterocycles. The molecule has 1 aromatic carbocycles. The van der Waals surface area contributed by atoms with Gasteiger partial charge in [-0.2, -0.15) is 0 Å². The highest BCUT2D eigenvalue weighted by Crippen LogP contribution is 2.27. The summed E-state index contributed by atoms with van der Waals surface area (Å²) in [4.78, 5) is 4.25. The van der Waals surface area contributed by atoms with Crippen molar-refractivity contribution >= 4 is 29.9 Å². The van der Waals surface area contributed by atoms with E-state index in [4.69, 9.17) is 0 Å². The highest BCUT2D eigenvalue weighted by Gasteiger charge is 2.20. The topological polar surface area (TPSA) is 36.4 Å². The lowest BCUT2D eigenvalue weighted by Crippen LogP contribution is -2.39. The molecule has 0 saturated heterocycles. The summed E-state index contributed by atoms with van der Waals surface area (Å²) < 4.78 is 0. The van der Waals surface area contributed by atoms with Crippen molar-refractivity contribution in [3.05, 3.63) is 35.9 Å². The first-order chi connectivity index (χ1) is 9.29. The third-order valence-corrected chi connectivity index (χ3v) is 3.72. The van der Waals surface area contributed by atoms with E-state index >= 15 is 0 Å². The van der Waals surface area contributed by atoms with E-state index in [1.165, 1.54) is 18.4 Å². The van der Waals surface area contributed by atoms with Crippen molar-refractivity contribution in [3.8, 4) is 0 Å². The zero-order valence-electron chi connectivity index (χ0n) is 12.4. The maximum absolute atomic E-state index is 4.25. The summed E-state index contributed by atoms with van der Waals surface area (Å²) in [6.07, 6.45) is 3.86. The quantitative estimate of drug-likeness (QED) is 0.446. The first-order valence-electron chi connectivity index (χ1n) is 7.29. The Morgan fingerprint density at radius 3 is 2.55 bits per heavy atom. The lowest BCUT2D eigenvalue weighted by molar-refractivity contribution is 0.647. The van der Waals surface area contributed by atoms with Gasteiger partial charge in [-0.05, 0) is 36.7 Å². The summed E-state index contributed by atoms with van der Waals surface area (Å²) in [7, 11) is 1.84. The molecule has 0 amide bonds. The molecule has 2 rings (SSSR count). The largest absolute Gasteiger partial charge is 0.356 e. The summed E-state index contributed by atoms with van der Waals surface area (Å²) in [6.45, 7) is 4.30. The van der Waals surface area contributed by atoms with E-state index < -0.39 is 0 Å². The second-order valence-corrected chi connectivity index (χ2v) is 5.42. The number of aliphatic imine (C=N–C) groups is 1. The molecule has 1 saturated carbocycles.